The number of halogens is 3. The van der Waals surface area contributed by atoms with E-state index < -0.39 is 17.3 Å². The average Bonchev–Trinajstić information content (AvgIpc) is 2.79. The SMILES string of the molecule is CCO/N=C(\c1ccc(C(F)(F)F)cc1)C1CCN(C2(C)CCN(C(=O)OC(C)(C)C)CC2)CC1. The van der Waals surface area contributed by atoms with Gasteiger partial charge in [-0.25, -0.2) is 4.79 Å². The first-order valence-electron chi connectivity index (χ1n) is 12.4. The molecule has 0 aromatic heterocycles. The fourth-order valence-corrected chi connectivity index (χ4v) is 4.83. The molecule has 2 saturated heterocycles. The van der Waals surface area contributed by atoms with Gasteiger partial charge in [-0.2, -0.15) is 13.2 Å². The van der Waals surface area contributed by atoms with E-state index in [4.69, 9.17) is 9.57 Å². The van der Waals surface area contributed by atoms with E-state index in [1.807, 2.05) is 27.7 Å². The van der Waals surface area contributed by atoms with E-state index in [1.54, 1.807) is 4.90 Å². The minimum Gasteiger partial charge on any atom is -0.444 e. The molecule has 6 nitrogen and oxygen atoms in total. The maximum atomic E-state index is 13.0. The molecule has 3 rings (SSSR count). The summed E-state index contributed by atoms with van der Waals surface area (Å²) in [7, 11) is 0. The van der Waals surface area contributed by atoms with Crippen molar-refractivity contribution in [2.75, 3.05) is 32.8 Å². The van der Waals surface area contributed by atoms with Gasteiger partial charge < -0.3 is 14.5 Å². The first kappa shape index (κ1) is 27.3. The van der Waals surface area contributed by atoms with Crippen LogP contribution in [-0.4, -0.2) is 65.5 Å². The average molecular weight is 498 g/mol. The van der Waals surface area contributed by atoms with E-state index in [9.17, 15) is 18.0 Å². The van der Waals surface area contributed by atoms with Crippen LogP contribution in [-0.2, 0) is 15.8 Å². The lowest BCUT2D eigenvalue weighted by atomic mass is 9.82. The van der Waals surface area contributed by atoms with Crippen molar-refractivity contribution in [3.63, 3.8) is 0 Å². The van der Waals surface area contributed by atoms with Crippen molar-refractivity contribution in [2.45, 2.75) is 77.6 Å². The van der Waals surface area contributed by atoms with E-state index in [0.29, 0.717) is 31.0 Å². The number of benzene rings is 1. The van der Waals surface area contributed by atoms with Crippen molar-refractivity contribution in [3.8, 4) is 0 Å². The lowest BCUT2D eigenvalue weighted by Crippen LogP contribution is -2.57. The van der Waals surface area contributed by atoms with Crippen molar-refractivity contribution in [2.24, 2.45) is 11.1 Å². The highest BCUT2D eigenvalue weighted by atomic mass is 19.4. The second kappa shape index (κ2) is 10.8. The smallest absolute Gasteiger partial charge is 0.416 e. The zero-order valence-electron chi connectivity index (χ0n) is 21.5. The van der Waals surface area contributed by atoms with Crippen molar-refractivity contribution in [1.82, 2.24) is 9.80 Å². The van der Waals surface area contributed by atoms with Gasteiger partial charge in [-0.05, 0) is 91.1 Å². The molecule has 2 fully saturated rings. The third-order valence-electron chi connectivity index (χ3n) is 6.94. The Kier molecular flexibility index (Phi) is 8.40. The van der Waals surface area contributed by atoms with Crippen LogP contribution in [0.15, 0.2) is 29.4 Å². The number of nitrogens with zero attached hydrogens (tertiary/aromatic N) is 3. The molecule has 2 heterocycles. The van der Waals surface area contributed by atoms with Gasteiger partial charge in [0, 0.05) is 24.5 Å². The Morgan fingerprint density at radius 1 is 1.06 bits per heavy atom. The monoisotopic (exact) mass is 497 g/mol. The molecule has 0 radical (unpaired) electrons. The van der Waals surface area contributed by atoms with E-state index in [1.165, 1.54) is 12.1 Å². The molecule has 0 saturated carbocycles. The summed E-state index contributed by atoms with van der Waals surface area (Å²) in [5, 5.41) is 4.30. The standard InChI is InChI=1S/C26H38F3N3O3/c1-6-34-30-22(19-7-9-21(10-8-19)26(27,28)29)20-11-15-32(16-12-20)25(5)13-17-31(18-14-25)23(33)35-24(2,3)4/h7-10,20H,6,11-18H2,1-5H3/b30-22+. The molecular formula is C26H38F3N3O3. The molecule has 0 bridgehead atoms. The molecule has 0 spiro atoms. The lowest BCUT2D eigenvalue weighted by molar-refractivity contribution is -0.137. The number of hydrogen-bond donors (Lipinski definition) is 0. The van der Waals surface area contributed by atoms with E-state index in [0.717, 1.165) is 50.9 Å². The fourth-order valence-electron chi connectivity index (χ4n) is 4.83. The predicted octanol–water partition coefficient (Wildman–Crippen LogP) is 5.95. The number of carbonyl (C=O) groups excluding carboxylic acids is 1. The summed E-state index contributed by atoms with van der Waals surface area (Å²) in [6.07, 6.45) is -1.19. The molecule has 2 aliphatic heterocycles. The van der Waals surface area contributed by atoms with Crippen LogP contribution in [0.25, 0.3) is 0 Å². The second-order valence-corrected chi connectivity index (χ2v) is 10.7. The maximum Gasteiger partial charge on any atom is 0.416 e. The summed E-state index contributed by atoms with van der Waals surface area (Å²) in [5.74, 6) is 0.111. The van der Waals surface area contributed by atoms with Crippen molar-refractivity contribution >= 4 is 11.8 Å². The molecule has 0 atom stereocenters. The number of piperidine rings is 2. The van der Waals surface area contributed by atoms with Crippen molar-refractivity contribution < 1.29 is 27.5 Å². The van der Waals surface area contributed by atoms with Crippen LogP contribution in [0.5, 0.6) is 0 Å². The van der Waals surface area contributed by atoms with E-state index >= 15 is 0 Å². The van der Waals surface area contributed by atoms with Crippen LogP contribution in [0.2, 0.25) is 0 Å². The van der Waals surface area contributed by atoms with Gasteiger partial charge in [-0.3, -0.25) is 4.90 Å². The number of carbonyl (C=O) groups is 1. The Morgan fingerprint density at radius 2 is 1.63 bits per heavy atom. The molecule has 0 aliphatic carbocycles. The molecule has 1 aromatic rings. The Balaban J connectivity index is 1.61. The number of oxime groups is 1. The summed E-state index contributed by atoms with van der Waals surface area (Å²) in [4.78, 5) is 22.0. The highest BCUT2D eigenvalue weighted by molar-refractivity contribution is 6.02. The van der Waals surface area contributed by atoms with Crippen LogP contribution >= 0.6 is 0 Å². The summed E-state index contributed by atoms with van der Waals surface area (Å²) in [5.41, 5.74) is 0.201. The first-order chi connectivity index (χ1) is 16.3. The number of alkyl halides is 3. The highest BCUT2D eigenvalue weighted by Crippen LogP contribution is 2.35. The Bertz CT molecular complexity index is 878. The summed E-state index contributed by atoms with van der Waals surface area (Å²) < 4.78 is 44.5. The van der Waals surface area contributed by atoms with Gasteiger partial charge in [0.15, 0.2) is 0 Å². The van der Waals surface area contributed by atoms with Crippen LogP contribution in [0.1, 0.15) is 71.4 Å². The molecule has 196 valence electrons. The van der Waals surface area contributed by atoms with Gasteiger partial charge in [0.25, 0.3) is 0 Å². The number of rotatable bonds is 5. The van der Waals surface area contributed by atoms with Gasteiger partial charge in [-0.15, -0.1) is 0 Å². The van der Waals surface area contributed by atoms with Gasteiger partial charge in [0.05, 0.1) is 11.3 Å². The Labute approximate surface area is 206 Å². The van der Waals surface area contributed by atoms with Gasteiger partial charge in [-0.1, -0.05) is 17.3 Å². The molecule has 1 aromatic carbocycles. The normalized spacial score (nSPS) is 20.6. The predicted molar refractivity (Wildman–Crippen MR) is 129 cm³/mol. The molecular weight excluding hydrogens is 459 g/mol. The number of likely N-dealkylation sites (tertiary alicyclic amines) is 2. The Morgan fingerprint density at radius 3 is 2.11 bits per heavy atom. The topological polar surface area (TPSA) is 54.4 Å². The van der Waals surface area contributed by atoms with Gasteiger partial charge in [0.1, 0.15) is 12.2 Å². The third-order valence-corrected chi connectivity index (χ3v) is 6.94. The number of amides is 1. The molecule has 35 heavy (non-hydrogen) atoms. The lowest BCUT2D eigenvalue weighted by Gasteiger charge is -2.49. The zero-order valence-corrected chi connectivity index (χ0v) is 21.5. The largest absolute Gasteiger partial charge is 0.444 e. The molecule has 1 amide bonds. The maximum absolute atomic E-state index is 13.0. The quantitative estimate of drug-likeness (QED) is 0.373. The Hall–Kier alpha value is -2.29. The fraction of sp³-hybridized carbons (Fsp3) is 0.692. The zero-order chi connectivity index (χ0) is 25.9. The van der Waals surface area contributed by atoms with Crippen LogP contribution in [0.4, 0.5) is 18.0 Å². The first-order valence-corrected chi connectivity index (χ1v) is 12.4. The minimum atomic E-state index is -4.37. The van der Waals surface area contributed by atoms with Gasteiger partial charge in [0.2, 0.25) is 0 Å². The van der Waals surface area contributed by atoms with E-state index in [-0.39, 0.29) is 17.6 Å². The summed E-state index contributed by atoms with van der Waals surface area (Å²) in [6.45, 7) is 13.1. The van der Waals surface area contributed by atoms with Crippen LogP contribution in [0, 0.1) is 5.92 Å². The van der Waals surface area contributed by atoms with Crippen LogP contribution < -0.4 is 0 Å². The summed E-state index contributed by atoms with van der Waals surface area (Å²) in [6, 6.07) is 5.18. The number of hydrogen-bond acceptors (Lipinski definition) is 5. The van der Waals surface area contributed by atoms with Crippen molar-refractivity contribution in [1.29, 1.82) is 0 Å². The van der Waals surface area contributed by atoms with E-state index in [2.05, 4.69) is 17.0 Å². The minimum absolute atomic E-state index is 0.00490. The third kappa shape index (κ3) is 7.12. The highest BCUT2D eigenvalue weighted by Gasteiger charge is 2.40. The molecule has 2 aliphatic rings. The van der Waals surface area contributed by atoms with Crippen molar-refractivity contribution in [3.05, 3.63) is 35.4 Å². The number of ether oxygens (including phenoxy) is 1. The van der Waals surface area contributed by atoms with Gasteiger partial charge >= 0.3 is 12.3 Å². The second-order valence-electron chi connectivity index (χ2n) is 10.7. The van der Waals surface area contributed by atoms with Crippen LogP contribution in [0.3, 0.4) is 0 Å². The molecule has 0 unspecified atom stereocenters. The molecule has 9 heteroatoms. The molecule has 0 N–H and O–H groups in total. The summed E-state index contributed by atoms with van der Waals surface area (Å²) >= 11 is 0.